The van der Waals surface area contributed by atoms with Gasteiger partial charge in [-0.2, -0.15) is 4.31 Å². The van der Waals surface area contributed by atoms with Crippen molar-refractivity contribution in [3.05, 3.63) is 65.2 Å². The number of fused-ring (bicyclic) bond motifs is 2. The number of anilines is 1. The van der Waals surface area contributed by atoms with Gasteiger partial charge in [0, 0.05) is 25.2 Å². The smallest absolute Gasteiger partial charge is 0.325 e. The van der Waals surface area contributed by atoms with Crippen molar-refractivity contribution in [1.82, 2.24) is 4.31 Å². The molecule has 7 nitrogen and oxygen atoms in total. The Balaban J connectivity index is 1.47. The van der Waals surface area contributed by atoms with Crippen molar-refractivity contribution in [1.29, 1.82) is 0 Å². The van der Waals surface area contributed by atoms with Crippen LogP contribution in [0.1, 0.15) is 16.7 Å². The molecule has 29 heavy (non-hydrogen) atoms. The van der Waals surface area contributed by atoms with Crippen molar-refractivity contribution in [2.75, 3.05) is 24.3 Å². The number of carbonyl (C=O) groups excluding carboxylic acids is 2. The third-order valence-corrected chi connectivity index (χ3v) is 6.67. The van der Waals surface area contributed by atoms with Gasteiger partial charge in [-0.3, -0.25) is 9.59 Å². The van der Waals surface area contributed by atoms with Crippen LogP contribution in [0.4, 0.5) is 5.69 Å². The Labute approximate surface area is 169 Å². The quantitative estimate of drug-likeness (QED) is 0.708. The highest BCUT2D eigenvalue weighted by Crippen LogP contribution is 2.28. The molecule has 2 aromatic rings. The maximum atomic E-state index is 12.7. The van der Waals surface area contributed by atoms with E-state index >= 15 is 0 Å². The maximum Gasteiger partial charge on any atom is 0.325 e. The Hall–Kier alpha value is -2.71. The molecule has 0 aliphatic carbocycles. The van der Waals surface area contributed by atoms with Crippen LogP contribution in [0.25, 0.3) is 0 Å². The summed E-state index contributed by atoms with van der Waals surface area (Å²) >= 11 is 0. The maximum absolute atomic E-state index is 12.7. The summed E-state index contributed by atoms with van der Waals surface area (Å²) < 4.78 is 30.9. The Morgan fingerprint density at radius 2 is 1.69 bits per heavy atom. The molecule has 2 aliphatic rings. The van der Waals surface area contributed by atoms with Gasteiger partial charge in [-0.05, 0) is 29.2 Å². The highest BCUT2D eigenvalue weighted by atomic mass is 32.2. The monoisotopic (exact) mass is 414 g/mol. The number of carbonyl (C=O) groups is 2. The molecule has 0 bridgehead atoms. The molecule has 8 heteroatoms. The van der Waals surface area contributed by atoms with E-state index < -0.39 is 28.6 Å². The first-order valence-electron chi connectivity index (χ1n) is 9.43. The zero-order valence-corrected chi connectivity index (χ0v) is 16.9. The minimum atomic E-state index is -3.62. The number of sulfonamides is 1. The second-order valence-electron chi connectivity index (χ2n) is 7.33. The predicted molar refractivity (Wildman–Crippen MR) is 108 cm³/mol. The zero-order valence-electron chi connectivity index (χ0n) is 16.1. The van der Waals surface area contributed by atoms with Crippen molar-refractivity contribution in [3.63, 3.8) is 0 Å². The SMILES string of the molecule is CS(=O)(=O)N1Cc2ccccc2CC1C(=O)OCC(=O)N1CCc2ccccc21. The van der Waals surface area contributed by atoms with Gasteiger partial charge in [-0.25, -0.2) is 8.42 Å². The van der Waals surface area contributed by atoms with Crippen molar-refractivity contribution >= 4 is 27.6 Å². The number of amides is 1. The average molecular weight is 414 g/mol. The van der Waals surface area contributed by atoms with E-state index in [1.165, 1.54) is 0 Å². The summed E-state index contributed by atoms with van der Waals surface area (Å²) in [5, 5.41) is 0. The lowest BCUT2D eigenvalue weighted by atomic mass is 9.96. The number of esters is 1. The standard InChI is InChI=1S/C21H22N2O5S/c1-29(26,27)23-13-17-8-3-2-7-16(17)12-19(23)21(25)28-14-20(24)22-11-10-15-6-4-5-9-18(15)22/h2-9,19H,10-14H2,1H3. The van der Waals surface area contributed by atoms with Crippen molar-refractivity contribution in [2.24, 2.45) is 0 Å². The fraction of sp³-hybridized carbons (Fsp3) is 0.333. The lowest BCUT2D eigenvalue weighted by Crippen LogP contribution is -2.49. The first-order valence-corrected chi connectivity index (χ1v) is 11.3. The van der Waals surface area contributed by atoms with Crippen molar-refractivity contribution < 1.29 is 22.7 Å². The van der Waals surface area contributed by atoms with Crippen LogP contribution < -0.4 is 4.90 Å². The molecule has 1 amide bonds. The fourth-order valence-electron chi connectivity index (χ4n) is 3.95. The number of hydrogen-bond acceptors (Lipinski definition) is 5. The van der Waals surface area contributed by atoms with E-state index in [0.29, 0.717) is 6.54 Å². The molecule has 2 heterocycles. The Kier molecular flexibility index (Phi) is 5.14. The molecule has 4 rings (SSSR count). The summed E-state index contributed by atoms with van der Waals surface area (Å²) in [4.78, 5) is 26.9. The molecule has 1 unspecified atom stereocenters. The van der Waals surface area contributed by atoms with Gasteiger partial charge in [0.1, 0.15) is 6.04 Å². The lowest BCUT2D eigenvalue weighted by Gasteiger charge is -2.33. The molecule has 0 N–H and O–H groups in total. The predicted octanol–water partition coefficient (Wildman–Crippen LogP) is 1.51. The molecule has 2 aliphatic heterocycles. The second-order valence-corrected chi connectivity index (χ2v) is 9.26. The van der Waals surface area contributed by atoms with Gasteiger partial charge < -0.3 is 9.64 Å². The Morgan fingerprint density at radius 3 is 2.41 bits per heavy atom. The summed E-state index contributed by atoms with van der Waals surface area (Å²) in [5.41, 5.74) is 3.69. The fourth-order valence-corrected chi connectivity index (χ4v) is 4.95. The van der Waals surface area contributed by atoms with Gasteiger partial charge in [0.2, 0.25) is 10.0 Å². The molecule has 0 spiro atoms. The van der Waals surface area contributed by atoms with Gasteiger partial charge in [-0.1, -0.05) is 42.5 Å². The van der Waals surface area contributed by atoms with E-state index in [1.807, 2.05) is 48.5 Å². The molecule has 1 atom stereocenters. The van der Waals surface area contributed by atoms with Gasteiger partial charge >= 0.3 is 5.97 Å². The molecule has 0 fully saturated rings. The van der Waals surface area contributed by atoms with Crippen LogP contribution in [0, 0.1) is 0 Å². The van der Waals surface area contributed by atoms with E-state index in [9.17, 15) is 18.0 Å². The molecular formula is C21H22N2O5S. The molecule has 0 saturated carbocycles. The second kappa shape index (κ2) is 7.61. The van der Waals surface area contributed by atoms with Crippen LogP contribution >= 0.6 is 0 Å². The summed E-state index contributed by atoms with van der Waals surface area (Å²) in [6.45, 7) is 0.243. The summed E-state index contributed by atoms with van der Waals surface area (Å²) in [5.74, 6) is -1.02. The average Bonchev–Trinajstić information content (AvgIpc) is 3.14. The van der Waals surface area contributed by atoms with Gasteiger partial charge in [0.15, 0.2) is 6.61 Å². The van der Waals surface area contributed by atoms with Crippen LogP contribution in [-0.2, 0) is 43.7 Å². The van der Waals surface area contributed by atoms with Crippen LogP contribution in [0.5, 0.6) is 0 Å². The van der Waals surface area contributed by atoms with Crippen LogP contribution in [0.3, 0.4) is 0 Å². The highest BCUT2D eigenvalue weighted by Gasteiger charge is 2.38. The largest absolute Gasteiger partial charge is 0.454 e. The van der Waals surface area contributed by atoms with Crippen molar-refractivity contribution in [2.45, 2.75) is 25.4 Å². The first-order chi connectivity index (χ1) is 13.8. The molecule has 152 valence electrons. The lowest BCUT2D eigenvalue weighted by molar-refractivity contribution is -0.152. The van der Waals surface area contributed by atoms with Gasteiger partial charge in [-0.15, -0.1) is 0 Å². The van der Waals surface area contributed by atoms with E-state index in [4.69, 9.17) is 4.74 Å². The van der Waals surface area contributed by atoms with E-state index in [2.05, 4.69) is 0 Å². The first kappa shape index (κ1) is 19.6. The zero-order chi connectivity index (χ0) is 20.6. The molecular weight excluding hydrogens is 392 g/mol. The van der Waals surface area contributed by atoms with E-state index in [-0.39, 0.29) is 18.9 Å². The molecule has 0 saturated heterocycles. The number of rotatable bonds is 4. The van der Waals surface area contributed by atoms with E-state index in [0.717, 1.165) is 39.4 Å². The van der Waals surface area contributed by atoms with Gasteiger partial charge in [0.05, 0.1) is 6.26 Å². The van der Waals surface area contributed by atoms with Gasteiger partial charge in [0.25, 0.3) is 5.91 Å². The summed E-state index contributed by atoms with van der Waals surface area (Å²) in [6.07, 6.45) is 2.06. The number of nitrogens with zero attached hydrogens (tertiary/aromatic N) is 2. The Morgan fingerprint density at radius 1 is 1.03 bits per heavy atom. The molecule has 0 radical (unpaired) electrons. The van der Waals surface area contributed by atoms with Crippen LogP contribution in [0.15, 0.2) is 48.5 Å². The molecule has 2 aromatic carbocycles. The Bertz CT molecular complexity index is 1070. The third kappa shape index (κ3) is 3.90. The highest BCUT2D eigenvalue weighted by molar-refractivity contribution is 7.88. The normalized spacial score (nSPS) is 18.8. The number of benzene rings is 2. The van der Waals surface area contributed by atoms with Crippen molar-refractivity contribution in [3.8, 4) is 0 Å². The number of ether oxygens (including phenoxy) is 1. The topological polar surface area (TPSA) is 84.0 Å². The van der Waals surface area contributed by atoms with Crippen LogP contribution in [-0.4, -0.2) is 50.0 Å². The minimum Gasteiger partial charge on any atom is -0.454 e. The summed E-state index contributed by atoms with van der Waals surface area (Å²) in [6, 6.07) is 14.1. The molecule has 0 aromatic heterocycles. The third-order valence-electron chi connectivity index (χ3n) is 5.43. The summed E-state index contributed by atoms with van der Waals surface area (Å²) in [7, 11) is -3.62. The number of hydrogen-bond donors (Lipinski definition) is 0. The van der Waals surface area contributed by atoms with E-state index in [1.54, 1.807) is 4.90 Å². The minimum absolute atomic E-state index is 0.113. The van der Waals surface area contributed by atoms with Crippen LogP contribution in [0.2, 0.25) is 0 Å². The number of para-hydroxylation sites is 1.